The average molecular weight is 482 g/mol. The molecule has 0 unspecified atom stereocenters. The van der Waals surface area contributed by atoms with Crippen LogP contribution in [0, 0.1) is 0 Å². The van der Waals surface area contributed by atoms with E-state index in [-0.39, 0.29) is 24.1 Å². The zero-order valence-corrected chi connectivity index (χ0v) is 21.1. The Hall–Kier alpha value is -3.56. The van der Waals surface area contributed by atoms with Crippen LogP contribution in [0.2, 0.25) is 0 Å². The van der Waals surface area contributed by atoms with Crippen LogP contribution in [-0.2, 0) is 11.3 Å². The van der Waals surface area contributed by atoms with Gasteiger partial charge in [-0.3, -0.25) is 0 Å². The number of piperidine rings is 1. The minimum absolute atomic E-state index is 0.231. The van der Waals surface area contributed by atoms with Gasteiger partial charge in [-0.2, -0.15) is 19.6 Å². The Morgan fingerprint density at radius 3 is 2.80 bits per heavy atom. The maximum absolute atomic E-state index is 12.6. The van der Waals surface area contributed by atoms with Crippen LogP contribution in [0.15, 0.2) is 30.5 Å². The Bertz CT molecular complexity index is 1190. The number of hydrogen-bond acceptors (Lipinski definition) is 8. The second-order valence-electron chi connectivity index (χ2n) is 10.2. The molecular formula is C25H35N7O3. The molecule has 0 saturated carbocycles. The lowest BCUT2D eigenvalue weighted by Crippen LogP contribution is -2.46. The van der Waals surface area contributed by atoms with Gasteiger partial charge in [-0.05, 0) is 57.2 Å². The van der Waals surface area contributed by atoms with Crippen molar-refractivity contribution in [2.24, 2.45) is 0 Å². The van der Waals surface area contributed by atoms with Gasteiger partial charge >= 0.3 is 12.1 Å². The molecule has 0 radical (unpaired) electrons. The Morgan fingerprint density at radius 2 is 2.09 bits per heavy atom. The van der Waals surface area contributed by atoms with Gasteiger partial charge in [0.05, 0.1) is 12.7 Å². The number of likely N-dealkylation sites (tertiary alicyclic amines) is 1. The minimum Gasteiger partial charge on any atom is -0.458 e. The van der Waals surface area contributed by atoms with Crippen molar-refractivity contribution in [2.45, 2.75) is 71.6 Å². The fraction of sp³-hybridized carbons (Fsp3) is 0.520. The van der Waals surface area contributed by atoms with Crippen molar-refractivity contribution in [3.05, 3.63) is 41.6 Å². The first kappa shape index (κ1) is 24.6. The summed E-state index contributed by atoms with van der Waals surface area (Å²) in [7, 11) is 0. The van der Waals surface area contributed by atoms with E-state index < -0.39 is 5.60 Å². The van der Waals surface area contributed by atoms with Gasteiger partial charge in [-0.15, -0.1) is 0 Å². The van der Waals surface area contributed by atoms with Crippen molar-refractivity contribution in [3.8, 4) is 6.01 Å². The predicted octanol–water partition coefficient (Wildman–Crippen LogP) is 4.22. The van der Waals surface area contributed by atoms with E-state index in [0.29, 0.717) is 36.9 Å². The first-order chi connectivity index (χ1) is 16.6. The highest BCUT2D eigenvalue weighted by Crippen LogP contribution is 2.25. The third kappa shape index (κ3) is 6.12. The molecule has 0 bridgehead atoms. The van der Waals surface area contributed by atoms with Crippen LogP contribution in [0.25, 0.3) is 5.65 Å². The van der Waals surface area contributed by atoms with Crippen LogP contribution in [0.4, 0.5) is 16.4 Å². The molecule has 3 N–H and O–H groups in total. The van der Waals surface area contributed by atoms with E-state index in [1.54, 1.807) is 9.42 Å². The molecule has 1 aliphatic rings. The maximum atomic E-state index is 12.6. The van der Waals surface area contributed by atoms with Gasteiger partial charge in [-0.1, -0.05) is 26.0 Å². The van der Waals surface area contributed by atoms with Crippen molar-refractivity contribution in [2.75, 3.05) is 24.1 Å². The van der Waals surface area contributed by atoms with Crippen LogP contribution in [-0.4, -0.2) is 55.4 Å². The molecule has 3 heterocycles. The SMILES string of the molecule is CC(C)c1cnn2c(NCc3cccc(N)c3)nc(O[C@@H]3CCCN(C(=O)OC(C)(C)C)C3)nc12. The summed E-state index contributed by atoms with van der Waals surface area (Å²) >= 11 is 0. The van der Waals surface area contributed by atoms with Crippen LogP contribution in [0.3, 0.4) is 0 Å². The molecule has 1 saturated heterocycles. The standard InChI is InChI=1S/C25H35N7O3/c1-16(2)20-14-28-32-21(20)29-23(30-22(32)27-13-17-8-6-9-18(26)12-17)34-19-10-7-11-31(15-19)24(33)35-25(3,4)5/h6,8-9,12,14,16,19H,7,10-11,13,15,26H2,1-5H3,(H,27,29,30)/t19-/m1/s1. The van der Waals surface area contributed by atoms with Gasteiger partial charge in [0.15, 0.2) is 5.65 Å². The predicted molar refractivity (Wildman–Crippen MR) is 135 cm³/mol. The summed E-state index contributed by atoms with van der Waals surface area (Å²) in [5, 5.41) is 7.85. The number of amides is 1. The van der Waals surface area contributed by atoms with Gasteiger partial charge in [0.2, 0.25) is 5.95 Å². The van der Waals surface area contributed by atoms with Gasteiger partial charge in [0.1, 0.15) is 11.7 Å². The van der Waals surface area contributed by atoms with Gasteiger partial charge in [0.25, 0.3) is 0 Å². The van der Waals surface area contributed by atoms with Crippen molar-refractivity contribution >= 4 is 23.4 Å². The molecule has 2 aromatic heterocycles. The van der Waals surface area contributed by atoms with E-state index in [2.05, 4.69) is 34.2 Å². The number of ether oxygens (including phenoxy) is 2. The fourth-order valence-corrected chi connectivity index (χ4v) is 4.01. The summed E-state index contributed by atoms with van der Waals surface area (Å²) in [4.78, 5) is 23.6. The lowest BCUT2D eigenvalue weighted by Gasteiger charge is -2.33. The Balaban J connectivity index is 1.56. The molecule has 0 aliphatic carbocycles. The van der Waals surface area contributed by atoms with E-state index >= 15 is 0 Å². The quantitative estimate of drug-likeness (QED) is 0.502. The number of carbonyl (C=O) groups excluding carboxylic acids is 1. The highest BCUT2D eigenvalue weighted by Gasteiger charge is 2.29. The number of fused-ring (bicyclic) bond motifs is 1. The number of aromatic nitrogens is 4. The summed E-state index contributed by atoms with van der Waals surface area (Å²) in [6.45, 7) is 11.4. The van der Waals surface area contributed by atoms with Crippen molar-refractivity contribution in [1.82, 2.24) is 24.5 Å². The third-order valence-electron chi connectivity index (χ3n) is 5.70. The Labute approximate surface area is 205 Å². The van der Waals surface area contributed by atoms with Crippen molar-refractivity contribution < 1.29 is 14.3 Å². The normalized spacial score (nSPS) is 16.5. The summed E-state index contributed by atoms with van der Waals surface area (Å²) in [6.07, 6.45) is 2.87. The zero-order valence-electron chi connectivity index (χ0n) is 21.1. The van der Waals surface area contributed by atoms with Crippen LogP contribution in [0.1, 0.15) is 64.5 Å². The van der Waals surface area contributed by atoms with Gasteiger partial charge < -0.3 is 25.4 Å². The number of nitrogens with two attached hydrogens (primary N) is 1. The Morgan fingerprint density at radius 1 is 1.29 bits per heavy atom. The number of benzene rings is 1. The topological polar surface area (TPSA) is 120 Å². The highest BCUT2D eigenvalue weighted by atomic mass is 16.6. The smallest absolute Gasteiger partial charge is 0.410 e. The monoisotopic (exact) mass is 481 g/mol. The van der Waals surface area contributed by atoms with E-state index in [0.717, 1.165) is 24.0 Å². The molecule has 4 rings (SSSR count). The largest absolute Gasteiger partial charge is 0.458 e. The molecular weight excluding hydrogens is 446 g/mol. The highest BCUT2D eigenvalue weighted by molar-refractivity contribution is 5.68. The fourth-order valence-electron chi connectivity index (χ4n) is 4.01. The molecule has 1 aromatic carbocycles. The molecule has 1 amide bonds. The third-order valence-corrected chi connectivity index (χ3v) is 5.70. The van der Waals surface area contributed by atoms with Crippen molar-refractivity contribution in [3.63, 3.8) is 0 Å². The molecule has 1 fully saturated rings. The van der Waals surface area contributed by atoms with Crippen LogP contribution >= 0.6 is 0 Å². The first-order valence-corrected chi connectivity index (χ1v) is 12.1. The van der Waals surface area contributed by atoms with E-state index in [1.165, 1.54) is 0 Å². The summed E-state index contributed by atoms with van der Waals surface area (Å²) in [5.41, 5.74) is 8.80. The zero-order chi connectivity index (χ0) is 25.2. The van der Waals surface area contributed by atoms with E-state index in [9.17, 15) is 4.79 Å². The number of rotatable bonds is 6. The molecule has 10 heteroatoms. The number of nitrogens with one attached hydrogen (secondary N) is 1. The van der Waals surface area contributed by atoms with Crippen molar-refractivity contribution in [1.29, 1.82) is 0 Å². The summed E-state index contributed by atoms with van der Waals surface area (Å²) in [5.74, 6) is 0.758. The first-order valence-electron chi connectivity index (χ1n) is 12.1. The molecule has 0 spiro atoms. The number of hydrogen-bond donors (Lipinski definition) is 2. The average Bonchev–Trinajstić information content (AvgIpc) is 3.21. The minimum atomic E-state index is -0.543. The van der Waals surface area contributed by atoms with E-state index in [1.807, 2.05) is 51.2 Å². The maximum Gasteiger partial charge on any atom is 0.410 e. The summed E-state index contributed by atoms with van der Waals surface area (Å²) < 4.78 is 13.5. The van der Waals surface area contributed by atoms with Crippen LogP contribution in [0.5, 0.6) is 6.01 Å². The van der Waals surface area contributed by atoms with Gasteiger partial charge in [0, 0.05) is 24.3 Å². The lowest BCUT2D eigenvalue weighted by atomic mass is 10.1. The molecule has 1 atom stereocenters. The molecule has 35 heavy (non-hydrogen) atoms. The van der Waals surface area contributed by atoms with Crippen LogP contribution < -0.4 is 15.8 Å². The molecule has 3 aromatic rings. The molecule has 10 nitrogen and oxygen atoms in total. The number of anilines is 2. The summed E-state index contributed by atoms with van der Waals surface area (Å²) in [6, 6.07) is 7.94. The van der Waals surface area contributed by atoms with Gasteiger partial charge in [-0.25, -0.2) is 4.79 Å². The molecule has 188 valence electrons. The second-order valence-corrected chi connectivity index (χ2v) is 10.2. The van der Waals surface area contributed by atoms with E-state index in [4.69, 9.17) is 15.2 Å². The lowest BCUT2D eigenvalue weighted by molar-refractivity contribution is 0.00662. The Kier molecular flexibility index (Phi) is 7.00. The number of nitrogens with zero attached hydrogens (tertiary/aromatic N) is 5. The number of nitrogen functional groups attached to an aromatic ring is 1. The second kappa shape index (κ2) is 9.97. The number of carbonyl (C=O) groups is 1. The molecule has 1 aliphatic heterocycles.